The summed E-state index contributed by atoms with van der Waals surface area (Å²) in [4.78, 5) is 18.8. The first-order valence-electron chi connectivity index (χ1n) is 4.51. The summed E-state index contributed by atoms with van der Waals surface area (Å²) in [6.07, 6.45) is 6.78. The Morgan fingerprint density at radius 1 is 1.50 bits per heavy atom. The van der Waals surface area contributed by atoms with Crippen molar-refractivity contribution in [2.45, 2.75) is 6.54 Å². The second-order valence-corrected chi connectivity index (χ2v) is 3.00. The third kappa shape index (κ3) is 1.79. The van der Waals surface area contributed by atoms with Crippen LogP contribution < -0.4 is 0 Å². The highest BCUT2D eigenvalue weighted by atomic mass is 16.1. The standard InChI is InChI=1S/C10H7N5O/c11-1-4-15-6-8(7-16)10(14-15)9-5-12-2-3-13-9/h2-3,5-7H,4H2. The number of hydrogen-bond donors (Lipinski definition) is 0. The van der Waals surface area contributed by atoms with E-state index < -0.39 is 0 Å². The highest BCUT2D eigenvalue weighted by Crippen LogP contribution is 2.16. The van der Waals surface area contributed by atoms with Gasteiger partial charge in [-0.05, 0) is 0 Å². The molecule has 2 aromatic heterocycles. The third-order valence-electron chi connectivity index (χ3n) is 1.96. The summed E-state index contributed by atoms with van der Waals surface area (Å²) in [5, 5.41) is 12.6. The van der Waals surface area contributed by atoms with Crippen LogP contribution in [-0.2, 0) is 6.54 Å². The number of carbonyl (C=O) groups excluding carboxylic acids is 1. The molecule has 0 aliphatic rings. The highest BCUT2D eigenvalue weighted by molar-refractivity contribution is 5.84. The Morgan fingerprint density at radius 3 is 3.00 bits per heavy atom. The predicted octanol–water partition coefficient (Wildman–Crippen LogP) is 0.676. The van der Waals surface area contributed by atoms with Crippen molar-refractivity contribution in [2.75, 3.05) is 0 Å². The number of hydrogen-bond acceptors (Lipinski definition) is 5. The molecule has 0 aliphatic carbocycles. The molecule has 16 heavy (non-hydrogen) atoms. The van der Waals surface area contributed by atoms with Crippen molar-refractivity contribution in [2.24, 2.45) is 0 Å². The van der Waals surface area contributed by atoms with E-state index in [4.69, 9.17) is 5.26 Å². The summed E-state index contributed by atoms with van der Waals surface area (Å²) in [5.74, 6) is 0. The first-order valence-corrected chi connectivity index (χ1v) is 4.51. The van der Waals surface area contributed by atoms with Crippen LogP contribution >= 0.6 is 0 Å². The van der Waals surface area contributed by atoms with Gasteiger partial charge in [-0.3, -0.25) is 19.4 Å². The Labute approximate surface area is 91.2 Å². The van der Waals surface area contributed by atoms with Gasteiger partial charge in [0, 0.05) is 18.6 Å². The smallest absolute Gasteiger partial charge is 0.153 e. The molecular formula is C10H7N5O. The van der Waals surface area contributed by atoms with E-state index in [0.717, 1.165) is 0 Å². The lowest BCUT2D eigenvalue weighted by Crippen LogP contribution is -1.96. The summed E-state index contributed by atoms with van der Waals surface area (Å²) in [6, 6.07) is 1.95. The Bertz CT molecular complexity index is 540. The summed E-state index contributed by atoms with van der Waals surface area (Å²) in [5.41, 5.74) is 1.36. The molecule has 0 atom stereocenters. The summed E-state index contributed by atoms with van der Waals surface area (Å²) < 4.78 is 1.40. The van der Waals surface area contributed by atoms with Crippen molar-refractivity contribution < 1.29 is 4.79 Å². The van der Waals surface area contributed by atoms with Gasteiger partial charge in [0.15, 0.2) is 6.29 Å². The lowest BCUT2D eigenvalue weighted by Gasteiger charge is -1.94. The van der Waals surface area contributed by atoms with Crippen LogP contribution in [0.2, 0.25) is 0 Å². The molecule has 2 rings (SSSR count). The van der Waals surface area contributed by atoms with Crippen LogP contribution in [0.3, 0.4) is 0 Å². The fraction of sp³-hybridized carbons (Fsp3) is 0.100. The van der Waals surface area contributed by atoms with Crippen LogP contribution in [0.25, 0.3) is 11.4 Å². The van der Waals surface area contributed by atoms with E-state index >= 15 is 0 Å². The van der Waals surface area contributed by atoms with Gasteiger partial charge in [-0.15, -0.1) is 0 Å². The number of nitriles is 1. The van der Waals surface area contributed by atoms with Crippen molar-refractivity contribution in [3.63, 3.8) is 0 Å². The molecule has 6 nitrogen and oxygen atoms in total. The average Bonchev–Trinajstić information content (AvgIpc) is 2.74. The van der Waals surface area contributed by atoms with Crippen LogP contribution in [0, 0.1) is 11.3 Å². The fourth-order valence-electron chi connectivity index (χ4n) is 1.30. The van der Waals surface area contributed by atoms with E-state index in [1.54, 1.807) is 0 Å². The molecule has 0 aromatic carbocycles. The molecule has 0 radical (unpaired) electrons. The number of aldehydes is 1. The lowest BCUT2D eigenvalue weighted by molar-refractivity contribution is 0.112. The zero-order valence-corrected chi connectivity index (χ0v) is 8.24. The van der Waals surface area contributed by atoms with Crippen molar-refractivity contribution in [1.82, 2.24) is 19.7 Å². The van der Waals surface area contributed by atoms with Gasteiger partial charge in [0.2, 0.25) is 0 Å². The molecule has 0 N–H and O–H groups in total. The summed E-state index contributed by atoms with van der Waals surface area (Å²) in [7, 11) is 0. The Morgan fingerprint density at radius 2 is 2.38 bits per heavy atom. The van der Waals surface area contributed by atoms with Crippen LogP contribution in [0.1, 0.15) is 10.4 Å². The molecule has 0 saturated carbocycles. The summed E-state index contributed by atoms with van der Waals surface area (Å²) >= 11 is 0. The minimum atomic E-state index is 0.0983. The Hall–Kier alpha value is -2.55. The molecule has 0 saturated heterocycles. The predicted molar refractivity (Wildman–Crippen MR) is 54.3 cm³/mol. The van der Waals surface area contributed by atoms with E-state index in [1.807, 2.05) is 6.07 Å². The molecular weight excluding hydrogens is 206 g/mol. The maximum absolute atomic E-state index is 10.8. The molecule has 2 aromatic rings. The zero-order chi connectivity index (χ0) is 11.4. The van der Waals surface area contributed by atoms with Crippen molar-refractivity contribution in [3.05, 3.63) is 30.4 Å². The van der Waals surface area contributed by atoms with Gasteiger partial charge >= 0.3 is 0 Å². The minimum absolute atomic E-state index is 0.0983. The quantitative estimate of drug-likeness (QED) is 0.700. The van der Waals surface area contributed by atoms with Crippen LogP contribution in [-0.4, -0.2) is 26.0 Å². The Balaban J connectivity index is 2.48. The molecule has 0 bridgehead atoms. The van der Waals surface area contributed by atoms with E-state index in [1.165, 1.54) is 29.5 Å². The highest BCUT2D eigenvalue weighted by Gasteiger charge is 2.11. The zero-order valence-electron chi connectivity index (χ0n) is 8.24. The second-order valence-electron chi connectivity index (χ2n) is 3.00. The van der Waals surface area contributed by atoms with Crippen molar-refractivity contribution in [1.29, 1.82) is 5.26 Å². The SMILES string of the molecule is N#CCn1cc(C=O)c(-c2cnccn2)n1. The maximum atomic E-state index is 10.8. The molecule has 0 fully saturated rings. The van der Waals surface area contributed by atoms with Gasteiger partial charge in [-0.1, -0.05) is 0 Å². The van der Waals surface area contributed by atoms with Crippen molar-refractivity contribution in [3.8, 4) is 17.5 Å². The van der Waals surface area contributed by atoms with Gasteiger partial charge in [0.05, 0.1) is 17.8 Å². The van der Waals surface area contributed by atoms with Crippen LogP contribution in [0.15, 0.2) is 24.8 Å². The first-order chi connectivity index (χ1) is 7.85. The lowest BCUT2D eigenvalue weighted by atomic mass is 10.2. The van der Waals surface area contributed by atoms with E-state index in [-0.39, 0.29) is 6.54 Å². The van der Waals surface area contributed by atoms with Crippen LogP contribution in [0.4, 0.5) is 0 Å². The molecule has 0 spiro atoms. The molecule has 0 aliphatic heterocycles. The molecule has 0 amide bonds. The number of rotatable bonds is 3. The second kappa shape index (κ2) is 4.31. The summed E-state index contributed by atoms with van der Waals surface area (Å²) in [6.45, 7) is 0.0983. The first kappa shape index (κ1) is 9.98. The fourth-order valence-corrected chi connectivity index (χ4v) is 1.30. The molecule has 78 valence electrons. The molecule has 0 unspecified atom stereocenters. The van der Waals surface area contributed by atoms with Gasteiger partial charge in [-0.2, -0.15) is 10.4 Å². The van der Waals surface area contributed by atoms with E-state index in [2.05, 4.69) is 15.1 Å². The van der Waals surface area contributed by atoms with E-state index in [9.17, 15) is 4.79 Å². The van der Waals surface area contributed by atoms with Gasteiger partial charge in [0.1, 0.15) is 17.9 Å². The molecule has 2 heterocycles. The van der Waals surface area contributed by atoms with Gasteiger partial charge in [-0.25, -0.2) is 0 Å². The van der Waals surface area contributed by atoms with Crippen molar-refractivity contribution >= 4 is 6.29 Å². The Kier molecular flexibility index (Phi) is 2.69. The maximum Gasteiger partial charge on any atom is 0.153 e. The number of aromatic nitrogens is 4. The monoisotopic (exact) mass is 213 g/mol. The third-order valence-corrected chi connectivity index (χ3v) is 1.96. The number of nitrogens with zero attached hydrogens (tertiary/aromatic N) is 5. The minimum Gasteiger partial charge on any atom is -0.298 e. The van der Waals surface area contributed by atoms with Crippen LogP contribution in [0.5, 0.6) is 0 Å². The number of carbonyl (C=O) groups is 1. The topological polar surface area (TPSA) is 84.5 Å². The molecule has 6 heteroatoms. The van der Waals surface area contributed by atoms with Gasteiger partial charge < -0.3 is 0 Å². The average molecular weight is 213 g/mol. The van der Waals surface area contributed by atoms with E-state index in [0.29, 0.717) is 23.2 Å². The van der Waals surface area contributed by atoms with Gasteiger partial charge in [0.25, 0.3) is 0 Å². The normalized spacial score (nSPS) is 9.69. The largest absolute Gasteiger partial charge is 0.298 e.